The monoisotopic (exact) mass is 356 g/mol. The average Bonchev–Trinajstić information content (AvgIpc) is 2.31. The van der Waals surface area contributed by atoms with Crippen molar-refractivity contribution in [3.63, 3.8) is 0 Å². The maximum atomic E-state index is 12.1. The minimum Gasteiger partial charge on any atom is -0.468 e. The molecule has 100 valence electrons. The Labute approximate surface area is 118 Å². The van der Waals surface area contributed by atoms with E-state index in [1.54, 1.807) is 0 Å². The van der Waals surface area contributed by atoms with Gasteiger partial charge < -0.3 is 4.74 Å². The van der Waals surface area contributed by atoms with E-state index < -0.39 is 22.5 Å². The number of hydrogen-bond acceptors (Lipinski definition) is 5. The minimum atomic E-state index is -3.89. The van der Waals surface area contributed by atoms with Gasteiger partial charge in [0.05, 0.1) is 7.11 Å². The van der Waals surface area contributed by atoms with Crippen LogP contribution < -0.4 is 0 Å². The van der Waals surface area contributed by atoms with E-state index in [0.29, 0.717) is 4.47 Å². The van der Waals surface area contributed by atoms with Gasteiger partial charge in [0.25, 0.3) is 0 Å². The summed E-state index contributed by atoms with van der Waals surface area (Å²) in [6.07, 6.45) is 1.38. The van der Waals surface area contributed by atoms with Gasteiger partial charge >= 0.3 is 5.97 Å². The van der Waals surface area contributed by atoms with Crippen molar-refractivity contribution < 1.29 is 17.9 Å². The summed E-state index contributed by atoms with van der Waals surface area (Å²) in [5, 5.41) is -0.157. The molecule has 0 bridgehead atoms. The molecule has 6 nitrogen and oxygen atoms in total. The molecule has 1 aromatic heterocycles. The van der Waals surface area contributed by atoms with Crippen LogP contribution >= 0.6 is 27.5 Å². The van der Waals surface area contributed by atoms with E-state index in [1.165, 1.54) is 26.4 Å². The number of esters is 1. The number of pyridine rings is 1. The summed E-state index contributed by atoms with van der Waals surface area (Å²) in [7, 11) is -1.46. The Bertz CT molecular complexity index is 564. The largest absolute Gasteiger partial charge is 0.468 e. The lowest BCUT2D eigenvalue weighted by Gasteiger charge is -2.16. The number of halogens is 2. The number of carbonyl (C=O) groups is 1. The first-order valence-electron chi connectivity index (χ1n) is 4.63. The molecule has 1 heterocycles. The lowest BCUT2D eigenvalue weighted by atomic mass is 10.5. The van der Waals surface area contributed by atoms with Crippen LogP contribution in [0.1, 0.15) is 0 Å². The molecule has 0 aliphatic heterocycles. The summed E-state index contributed by atoms with van der Waals surface area (Å²) in [6.45, 7) is -0.401. The average molecular weight is 358 g/mol. The number of methoxy groups -OCH3 is 1. The zero-order valence-electron chi connectivity index (χ0n) is 9.55. The van der Waals surface area contributed by atoms with E-state index in [1.807, 2.05) is 0 Å². The Morgan fingerprint density at radius 2 is 2.22 bits per heavy atom. The molecular formula is C9H10BrClN2O4S. The first kappa shape index (κ1) is 15.4. The quantitative estimate of drug-likeness (QED) is 0.599. The Hall–Kier alpha value is -0.700. The zero-order valence-corrected chi connectivity index (χ0v) is 12.7. The van der Waals surface area contributed by atoms with Crippen molar-refractivity contribution in [2.24, 2.45) is 0 Å². The second kappa shape index (κ2) is 5.96. The van der Waals surface area contributed by atoms with Crippen LogP contribution in [0.4, 0.5) is 0 Å². The van der Waals surface area contributed by atoms with Crippen molar-refractivity contribution in [1.29, 1.82) is 0 Å². The van der Waals surface area contributed by atoms with Gasteiger partial charge in [-0.05, 0) is 22.0 Å². The van der Waals surface area contributed by atoms with Crippen LogP contribution in [-0.2, 0) is 19.6 Å². The lowest BCUT2D eigenvalue weighted by Crippen LogP contribution is -2.33. The Morgan fingerprint density at radius 3 is 2.78 bits per heavy atom. The molecule has 0 atom stereocenters. The second-order valence-corrected chi connectivity index (χ2v) is 6.57. The Kier molecular flexibility index (Phi) is 5.09. The van der Waals surface area contributed by atoms with Gasteiger partial charge in [0, 0.05) is 17.7 Å². The van der Waals surface area contributed by atoms with Crippen molar-refractivity contribution in [2.75, 3.05) is 20.7 Å². The number of aromatic nitrogens is 1. The number of rotatable bonds is 4. The first-order valence-corrected chi connectivity index (χ1v) is 7.24. The maximum absolute atomic E-state index is 12.1. The van der Waals surface area contributed by atoms with Crippen LogP contribution in [0.25, 0.3) is 0 Å². The van der Waals surface area contributed by atoms with E-state index in [9.17, 15) is 13.2 Å². The van der Waals surface area contributed by atoms with E-state index >= 15 is 0 Å². The number of hydrogen-bond donors (Lipinski definition) is 0. The topological polar surface area (TPSA) is 76.6 Å². The Balaban J connectivity index is 3.13. The van der Waals surface area contributed by atoms with Gasteiger partial charge in [0.15, 0.2) is 0 Å². The van der Waals surface area contributed by atoms with Crippen LogP contribution in [0.3, 0.4) is 0 Å². The van der Waals surface area contributed by atoms with Gasteiger partial charge in [0.1, 0.15) is 16.6 Å². The molecule has 0 spiro atoms. The molecule has 0 aliphatic carbocycles. The zero-order chi connectivity index (χ0) is 13.9. The highest BCUT2D eigenvalue weighted by Crippen LogP contribution is 2.25. The number of likely N-dealkylation sites (N-methyl/N-ethyl adjacent to an activating group) is 1. The highest BCUT2D eigenvalue weighted by Gasteiger charge is 2.26. The molecule has 0 aliphatic rings. The van der Waals surface area contributed by atoms with Crippen molar-refractivity contribution in [3.8, 4) is 0 Å². The van der Waals surface area contributed by atoms with Crippen LogP contribution in [0.2, 0.25) is 5.15 Å². The molecule has 1 rings (SSSR count). The fourth-order valence-corrected chi connectivity index (χ4v) is 3.12. The van der Waals surface area contributed by atoms with Crippen LogP contribution in [0, 0.1) is 0 Å². The SMILES string of the molecule is COC(=O)CN(C)S(=O)(=O)c1cc(Br)cnc1Cl. The third-order valence-electron chi connectivity index (χ3n) is 2.04. The number of carbonyl (C=O) groups excluding carboxylic acids is 1. The van der Waals surface area contributed by atoms with Gasteiger partial charge in [-0.2, -0.15) is 4.31 Å². The molecule has 0 saturated carbocycles. The third kappa shape index (κ3) is 3.41. The van der Waals surface area contributed by atoms with Gasteiger partial charge in [-0.3, -0.25) is 4.79 Å². The summed E-state index contributed by atoms with van der Waals surface area (Å²) < 4.78 is 30.0. The van der Waals surface area contributed by atoms with Crippen molar-refractivity contribution in [1.82, 2.24) is 9.29 Å². The maximum Gasteiger partial charge on any atom is 0.321 e. The smallest absolute Gasteiger partial charge is 0.321 e. The number of ether oxygens (including phenoxy) is 1. The lowest BCUT2D eigenvalue weighted by molar-refractivity contribution is -0.140. The fourth-order valence-electron chi connectivity index (χ4n) is 1.08. The molecule has 0 radical (unpaired) electrons. The van der Waals surface area contributed by atoms with Crippen LogP contribution in [0.5, 0.6) is 0 Å². The fraction of sp³-hybridized carbons (Fsp3) is 0.333. The molecule has 0 N–H and O–H groups in total. The first-order chi connectivity index (χ1) is 8.28. The van der Waals surface area contributed by atoms with E-state index in [-0.39, 0.29) is 10.0 Å². The summed E-state index contributed by atoms with van der Waals surface area (Å²) >= 11 is 8.85. The van der Waals surface area contributed by atoms with E-state index in [0.717, 1.165) is 4.31 Å². The summed E-state index contributed by atoms with van der Waals surface area (Å²) in [6, 6.07) is 1.32. The van der Waals surface area contributed by atoms with Crippen molar-refractivity contribution >= 4 is 43.5 Å². The molecule has 0 saturated heterocycles. The molecule has 18 heavy (non-hydrogen) atoms. The van der Waals surface area contributed by atoms with Gasteiger partial charge in [-0.25, -0.2) is 13.4 Å². The molecule has 0 unspecified atom stereocenters. The van der Waals surface area contributed by atoms with Gasteiger partial charge in [0.2, 0.25) is 10.0 Å². The van der Waals surface area contributed by atoms with E-state index in [2.05, 4.69) is 25.7 Å². The predicted octanol–water partition coefficient (Wildman–Crippen LogP) is 1.29. The molecule has 0 fully saturated rings. The Morgan fingerprint density at radius 1 is 1.61 bits per heavy atom. The predicted molar refractivity (Wildman–Crippen MR) is 68.8 cm³/mol. The third-order valence-corrected chi connectivity index (χ3v) is 4.70. The molecule has 1 aromatic rings. The number of nitrogens with zero attached hydrogens (tertiary/aromatic N) is 2. The van der Waals surface area contributed by atoms with Gasteiger partial charge in [-0.1, -0.05) is 11.6 Å². The standard InChI is InChI=1S/C9H10BrClN2O4S/c1-13(5-8(14)17-2)18(15,16)7-3-6(10)4-12-9(7)11/h3-4H,5H2,1-2H3. The highest BCUT2D eigenvalue weighted by molar-refractivity contribution is 9.10. The highest BCUT2D eigenvalue weighted by atomic mass is 79.9. The summed E-state index contributed by atoms with van der Waals surface area (Å²) in [4.78, 5) is 14.6. The number of sulfonamides is 1. The molecular weight excluding hydrogens is 348 g/mol. The minimum absolute atomic E-state index is 0.157. The van der Waals surface area contributed by atoms with Crippen molar-refractivity contribution in [3.05, 3.63) is 21.9 Å². The van der Waals surface area contributed by atoms with Crippen LogP contribution in [0.15, 0.2) is 21.6 Å². The van der Waals surface area contributed by atoms with Crippen LogP contribution in [-0.4, -0.2) is 44.4 Å². The normalized spacial score (nSPS) is 11.6. The van der Waals surface area contributed by atoms with Crippen molar-refractivity contribution in [2.45, 2.75) is 4.90 Å². The second-order valence-electron chi connectivity index (χ2n) is 3.28. The molecule has 9 heteroatoms. The summed E-state index contributed by atoms with van der Waals surface area (Å²) in [5.41, 5.74) is 0. The van der Waals surface area contributed by atoms with E-state index in [4.69, 9.17) is 11.6 Å². The molecule has 0 amide bonds. The summed E-state index contributed by atoms with van der Waals surface area (Å²) in [5.74, 6) is -0.667. The molecule has 0 aromatic carbocycles. The van der Waals surface area contributed by atoms with Gasteiger partial charge in [-0.15, -0.1) is 0 Å².